The SMILES string of the molecule is CCCCC1CCC(C(=O)c2cccc(OCC)c2)CC1. The first kappa shape index (κ1) is 16.1. The number of hydrogen-bond donors (Lipinski definition) is 0. The third-order valence-electron chi connectivity index (χ3n) is 4.61. The molecule has 0 amide bonds. The zero-order valence-corrected chi connectivity index (χ0v) is 13.4. The van der Waals surface area contributed by atoms with Crippen molar-refractivity contribution in [1.82, 2.24) is 0 Å². The molecule has 1 aliphatic carbocycles. The lowest BCUT2D eigenvalue weighted by atomic mass is 9.77. The molecule has 1 aliphatic rings. The fourth-order valence-corrected chi connectivity index (χ4v) is 3.35. The van der Waals surface area contributed by atoms with Crippen LogP contribution in [0.4, 0.5) is 0 Å². The second kappa shape index (κ2) is 8.21. The minimum absolute atomic E-state index is 0.222. The van der Waals surface area contributed by atoms with Crippen molar-refractivity contribution in [3.8, 4) is 5.75 Å². The van der Waals surface area contributed by atoms with Gasteiger partial charge < -0.3 is 4.74 Å². The van der Waals surface area contributed by atoms with Crippen LogP contribution in [-0.2, 0) is 0 Å². The summed E-state index contributed by atoms with van der Waals surface area (Å²) in [6.07, 6.45) is 8.53. The molecule has 2 heteroatoms. The van der Waals surface area contributed by atoms with Crippen molar-refractivity contribution in [1.29, 1.82) is 0 Å². The van der Waals surface area contributed by atoms with E-state index in [1.54, 1.807) is 0 Å². The summed E-state index contributed by atoms with van der Waals surface area (Å²) in [6.45, 7) is 4.85. The number of benzene rings is 1. The molecule has 116 valence electrons. The monoisotopic (exact) mass is 288 g/mol. The molecule has 1 aromatic rings. The van der Waals surface area contributed by atoms with E-state index in [0.29, 0.717) is 12.4 Å². The summed E-state index contributed by atoms with van der Waals surface area (Å²) in [5.74, 6) is 2.19. The molecule has 1 saturated carbocycles. The van der Waals surface area contributed by atoms with Crippen LogP contribution in [0.15, 0.2) is 24.3 Å². The Balaban J connectivity index is 1.91. The first-order valence-electron chi connectivity index (χ1n) is 8.51. The van der Waals surface area contributed by atoms with E-state index in [0.717, 1.165) is 30.1 Å². The number of carbonyl (C=O) groups is 1. The third kappa shape index (κ3) is 4.59. The van der Waals surface area contributed by atoms with Crippen LogP contribution in [0.2, 0.25) is 0 Å². The van der Waals surface area contributed by atoms with E-state index in [1.807, 2.05) is 31.2 Å². The molecule has 21 heavy (non-hydrogen) atoms. The number of carbonyl (C=O) groups excluding carboxylic acids is 1. The lowest BCUT2D eigenvalue weighted by Gasteiger charge is -2.27. The van der Waals surface area contributed by atoms with Crippen molar-refractivity contribution in [3.05, 3.63) is 29.8 Å². The van der Waals surface area contributed by atoms with E-state index in [1.165, 1.54) is 32.1 Å². The van der Waals surface area contributed by atoms with E-state index in [4.69, 9.17) is 4.74 Å². The predicted molar refractivity (Wildman–Crippen MR) is 86.9 cm³/mol. The van der Waals surface area contributed by atoms with Gasteiger partial charge in [0.25, 0.3) is 0 Å². The van der Waals surface area contributed by atoms with Gasteiger partial charge >= 0.3 is 0 Å². The van der Waals surface area contributed by atoms with E-state index in [9.17, 15) is 4.79 Å². The molecule has 2 nitrogen and oxygen atoms in total. The van der Waals surface area contributed by atoms with Crippen molar-refractivity contribution in [2.24, 2.45) is 11.8 Å². The molecular formula is C19H28O2. The third-order valence-corrected chi connectivity index (χ3v) is 4.61. The Morgan fingerprint density at radius 3 is 2.62 bits per heavy atom. The molecule has 0 aliphatic heterocycles. The first-order chi connectivity index (χ1) is 10.2. The highest BCUT2D eigenvalue weighted by Crippen LogP contribution is 2.34. The lowest BCUT2D eigenvalue weighted by molar-refractivity contribution is 0.0869. The van der Waals surface area contributed by atoms with Gasteiger partial charge in [0, 0.05) is 11.5 Å². The summed E-state index contributed by atoms with van der Waals surface area (Å²) >= 11 is 0. The number of Topliss-reactive ketones (excluding diaryl/α,β-unsaturated/α-hetero) is 1. The van der Waals surface area contributed by atoms with Gasteiger partial charge in [-0.2, -0.15) is 0 Å². The van der Waals surface area contributed by atoms with Gasteiger partial charge in [0.15, 0.2) is 5.78 Å². The lowest BCUT2D eigenvalue weighted by Crippen LogP contribution is -2.22. The van der Waals surface area contributed by atoms with Crippen molar-refractivity contribution in [3.63, 3.8) is 0 Å². The first-order valence-corrected chi connectivity index (χ1v) is 8.51. The molecule has 0 N–H and O–H groups in total. The van der Waals surface area contributed by atoms with E-state index >= 15 is 0 Å². The average molecular weight is 288 g/mol. The van der Waals surface area contributed by atoms with E-state index < -0.39 is 0 Å². The van der Waals surface area contributed by atoms with Crippen molar-refractivity contribution >= 4 is 5.78 Å². The maximum Gasteiger partial charge on any atom is 0.166 e. The van der Waals surface area contributed by atoms with Gasteiger partial charge in [-0.25, -0.2) is 0 Å². The second-order valence-corrected chi connectivity index (χ2v) is 6.18. The Kier molecular flexibility index (Phi) is 6.28. The van der Waals surface area contributed by atoms with Crippen molar-refractivity contribution < 1.29 is 9.53 Å². The summed E-state index contributed by atoms with van der Waals surface area (Å²) in [5.41, 5.74) is 0.818. The minimum Gasteiger partial charge on any atom is -0.494 e. The van der Waals surface area contributed by atoms with Gasteiger partial charge in [-0.1, -0.05) is 38.3 Å². The van der Waals surface area contributed by atoms with Crippen LogP contribution in [0, 0.1) is 11.8 Å². The highest BCUT2D eigenvalue weighted by molar-refractivity contribution is 5.98. The predicted octanol–water partition coefficient (Wildman–Crippen LogP) is 5.26. The molecule has 0 aromatic heterocycles. The number of hydrogen-bond acceptors (Lipinski definition) is 2. The summed E-state index contributed by atoms with van der Waals surface area (Å²) in [4.78, 5) is 12.6. The molecule has 1 fully saturated rings. The zero-order chi connectivity index (χ0) is 15.1. The number of ether oxygens (including phenoxy) is 1. The summed E-state index contributed by atoms with van der Waals surface area (Å²) in [7, 11) is 0. The normalized spacial score (nSPS) is 22.0. The molecule has 0 unspecified atom stereocenters. The van der Waals surface area contributed by atoms with Gasteiger partial charge in [-0.3, -0.25) is 4.79 Å². The highest BCUT2D eigenvalue weighted by Gasteiger charge is 2.26. The van der Waals surface area contributed by atoms with Crippen LogP contribution in [0.25, 0.3) is 0 Å². The van der Waals surface area contributed by atoms with E-state index in [2.05, 4.69) is 6.92 Å². The molecule has 0 atom stereocenters. The maximum atomic E-state index is 12.6. The van der Waals surface area contributed by atoms with Crippen LogP contribution < -0.4 is 4.74 Å². The second-order valence-electron chi connectivity index (χ2n) is 6.18. The molecule has 0 radical (unpaired) electrons. The van der Waals surface area contributed by atoms with Crippen LogP contribution >= 0.6 is 0 Å². The van der Waals surface area contributed by atoms with Crippen LogP contribution in [0.3, 0.4) is 0 Å². The molecule has 0 saturated heterocycles. The largest absolute Gasteiger partial charge is 0.494 e. The topological polar surface area (TPSA) is 26.3 Å². The Morgan fingerprint density at radius 1 is 1.19 bits per heavy atom. The van der Waals surface area contributed by atoms with Crippen LogP contribution in [-0.4, -0.2) is 12.4 Å². The molecule has 1 aromatic carbocycles. The molecule has 0 bridgehead atoms. The number of ketones is 1. The molecule has 0 heterocycles. The fourth-order valence-electron chi connectivity index (χ4n) is 3.35. The fraction of sp³-hybridized carbons (Fsp3) is 0.632. The van der Waals surface area contributed by atoms with Gasteiger partial charge in [0.2, 0.25) is 0 Å². The smallest absolute Gasteiger partial charge is 0.166 e. The van der Waals surface area contributed by atoms with Gasteiger partial charge in [0.05, 0.1) is 6.61 Å². The Bertz CT molecular complexity index is 445. The quantitative estimate of drug-likeness (QED) is 0.639. The van der Waals surface area contributed by atoms with Crippen molar-refractivity contribution in [2.45, 2.75) is 58.8 Å². The van der Waals surface area contributed by atoms with Gasteiger partial charge in [0.1, 0.15) is 5.75 Å². The molecular weight excluding hydrogens is 260 g/mol. The van der Waals surface area contributed by atoms with Crippen molar-refractivity contribution in [2.75, 3.05) is 6.61 Å². The zero-order valence-electron chi connectivity index (χ0n) is 13.4. The Morgan fingerprint density at radius 2 is 1.95 bits per heavy atom. The Labute approximate surface area is 128 Å². The average Bonchev–Trinajstić information content (AvgIpc) is 2.53. The number of unbranched alkanes of at least 4 members (excludes halogenated alkanes) is 1. The summed E-state index contributed by atoms with van der Waals surface area (Å²) < 4.78 is 5.49. The molecule has 0 spiro atoms. The molecule has 2 rings (SSSR count). The maximum absolute atomic E-state index is 12.6. The van der Waals surface area contributed by atoms with E-state index in [-0.39, 0.29) is 5.92 Å². The summed E-state index contributed by atoms with van der Waals surface area (Å²) in [6, 6.07) is 7.66. The van der Waals surface area contributed by atoms with Gasteiger partial charge in [-0.15, -0.1) is 0 Å². The highest BCUT2D eigenvalue weighted by atomic mass is 16.5. The minimum atomic E-state index is 0.222. The summed E-state index contributed by atoms with van der Waals surface area (Å²) in [5, 5.41) is 0. The Hall–Kier alpha value is -1.31. The van der Waals surface area contributed by atoms with Gasteiger partial charge in [-0.05, 0) is 50.7 Å². The van der Waals surface area contributed by atoms with Crippen LogP contribution in [0.1, 0.15) is 69.2 Å². The van der Waals surface area contributed by atoms with Crippen LogP contribution in [0.5, 0.6) is 5.75 Å². The standard InChI is InChI=1S/C19H28O2/c1-3-5-7-15-10-12-16(13-11-15)19(20)17-8-6-9-18(14-17)21-4-2/h6,8-9,14-16H,3-5,7,10-13H2,1-2H3. The number of rotatable bonds is 7.